The molecular formula is C13H10FNO2. The van der Waals surface area contributed by atoms with Crippen LogP contribution in [-0.4, -0.2) is 17.9 Å². The summed E-state index contributed by atoms with van der Waals surface area (Å²) < 4.78 is 18.4. The summed E-state index contributed by atoms with van der Waals surface area (Å²) in [7, 11) is 1.51. The van der Waals surface area contributed by atoms with Crippen molar-refractivity contribution in [2.75, 3.05) is 7.11 Å². The third-order valence-electron chi connectivity index (χ3n) is 2.35. The molecule has 0 spiro atoms. The molecule has 0 radical (unpaired) electrons. The van der Waals surface area contributed by atoms with Gasteiger partial charge in [0.25, 0.3) is 0 Å². The van der Waals surface area contributed by atoms with Gasteiger partial charge in [0, 0.05) is 11.8 Å². The number of halogens is 1. The lowest BCUT2D eigenvalue weighted by Gasteiger charge is -2.04. The van der Waals surface area contributed by atoms with Crippen molar-refractivity contribution in [1.82, 2.24) is 4.98 Å². The van der Waals surface area contributed by atoms with Crippen molar-refractivity contribution in [2.24, 2.45) is 0 Å². The number of hydrogen-bond donors (Lipinski definition) is 0. The number of aromatic nitrogens is 1. The van der Waals surface area contributed by atoms with Crippen LogP contribution in [0.15, 0.2) is 42.7 Å². The zero-order valence-corrected chi connectivity index (χ0v) is 9.18. The summed E-state index contributed by atoms with van der Waals surface area (Å²) in [6.07, 6.45) is 2.41. The molecule has 17 heavy (non-hydrogen) atoms. The van der Waals surface area contributed by atoms with E-state index in [1.807, 2.05) is 0 Å². The van der Waals surface area contributed by atoms with Crippen molar-refractivity contribution in [3.05, 3.63) is 59.7 Å². The van der Waals surface area contributed by atoms with Gasteiger partial charge >= 0.3 is 0 Å². The van der Waals surface area contributed by atoms with Crippen LogP contribution in [0.1, 0.15) is 15.9 Å². The lowest BCUT2D eigenvalue weighted by Crippen LogP contribution is -2.04. The third kappa shape index (κ3) is 2.30. The minimum Gasteiger partial charge on any atom is -0.497 e. The zero-order chi connectivity index (χ0) is 12.3. The molecule has 1 aromatic heterocycles. The highest BCUT2D eigenvalue weighted by Crippen LogP contribution is 2.17. The second kappa shape index (κ2) is 4.74. The van der Waals surface area contributed by atoms with Crippen LogP contribution in [0.5, 0.6) is 5.75 Å². The number of pyridine rings is 1. The molecule has 2 aromatic rings. The Kier molecular flexibility index (Phi) is 3.14. The van der Waals surface area contributed by atoms with Crippen LogP contribution < -0.4 is 4.74 Å². The third-order valence-corrected chi connectivity index (χ3v) is 2.35. The van der Waals surface area contributed by atoms with E-state index in [1.54, 1.807) is 24.3 Å². The van der Waals surface area contributed by atoms with E-state index in [2.05, 4.69) is 4.98 Å². The Hall–Kier alpha value is -2.23. The minimum atomic E-state index is -0.625. The average Bonchev–Trinajstić information content (AvgIpc) is 2.38. The van der Waals surface area contributed by atoms with Crippen LogP contribution in [0.2, 0.25) is 0 Å². The van der Waals surface area contributed by atoms with E-state index in [4.69, 9.17) is 4.74 Å². The number of ketones is 1. The summed E-state index contributed by atoms with van der Waals surface area (Å²) >= 11 is 0. The quantitative estimate of drug-likeness (QED) is 0.762. The van der Waals surface area contributed by atoms with E-state index in [0.717, 1.165) is 6.20 Å². The van der Waals surface area contributed by atoms with Gasteiger partial charge in [0.2, 0.25) is 0 Å². The van der Waals surface area contributed by atoms with Crippen molar-refractivity contribution in [3.63, 3.8) is 0 Å². The van der Waals surface area contributed by atoms with E-state index in [1.165, 1.54) is 19.4 Å². The number of nitrogens with zero attached hydrogens (tertiary/aromatic N) is 1. The predicted octanol–water partition coefficient (Wildman–Crippen LogP) is 2.46. The molecule has 3 nitrogen and oxygen atoms in total. The highest BCUT2D eigenvalue weighted by Gasteiger charge is 2.13. The number of carbonyl (C=O) groups is 1. The largest absolute Gasteiger partial charge is 0.497 e. The van der Waals surface area contributed by atoms with Gasteiger partial charge < -0.3 is 4.74 Å². The number of hydrogen-bond acceptors (Lipinski definition) is 3. The lowest BCUT2D eigenvalue weighted by atomic mass is 10.0. The Morgan fingerprint density at radius 1 is 1.35 bits per heavy atom. The van der Waals surface area contributed by atoms with Gasteiger partial charge in [-0.3, -0.25) is 9.78 Å². The molecule has 0 aliphatic rings. The van der Waals surface area contributed by atoms with Crippen LogP contribution in [0, 0.1) is 5.82 Å². The molecule has 0 aliphatic carbocycles. The Balaban J connectivity index is 2.40. The van der Waals surface area contributed by atoms with Crippen LogP contribution in [0.25, 0.3) is 0 Å². The fourth-order valence-corrected chi connectivity index (χ4v) is 1.48. The fourth-order valence-electron chi connectivity index (χ4n) is 1.48. The smallest absolute Gasteiger partial charge is 0.196 e. The van der Waals surface area contributed by atoms with Gasteiger partial charge in [-0.25, -0.2) is 4.39 Å². The summed E-state index contributed by atoms with van der Waals surface area (Å²) in [5.41, 5.74) is 0.391. The van der Waals surface area contributed by atoms with Crippen molar-refractivity contribution in [3.8, 4) is 5.75 Å². The Labute approximate surface area is 97.9 Å². The highest BCUT2D eigenvalue weighted by molar-refractivity contribution is 6.09. The normalized spacial score (nSPS) is 10.0. The summed E-state index contributed by atoms with van der Waals surface area (Å²) in [6, 6.07) is 7.95. The topological polar surface area (TPSA) is 39.2 Å². The van der Waals surface area contributed by atoms with Gasteiger partial charge in [0.05, 0.1) is 18.9 Å². The maximum atomic E-state index is 13.4. The first-order valence-electron chi connectivity index (χ1n) is 5.00. The molecule has 0 saturated heterocycles. The molecule has 4 heteroatoms. The molecule has 0 amide bonds. The number of methoxy groups -OCH3 is 1. The maximum Gasteiger partial charge on any atom is 0.196 e. The van der Waals surface area contributed by atoms with Crippen LogP contribution in [-0.2, 0) is 0 Å². The monoisotopic (exact) mass is 231 g/mol. The van der Waals surface area contributed by atoms with Gasteiger partial charge in [0.15, 0.2) is 11.6 Å². The molecule has 0 saturated carbocycles. The van der Waals surface area contributed by atoms with Gasteiger partial charge in [-0.05, 0) is 18.2 Å². The Morgan fingerprint density at radius 2 is 2.18 bits per heavy atom. The molecule has 0 fully saturated rings. The van der Waals surface area contributed by atoms with Gasteiger partial charge in [-0.2, -0.15) is 0 Å². The number of ether oxygens (including phenoxy) is 1. The Bertz CT molecular complexity index is 555. The lowest BCUT2D eigenvalue weighted by molar-refractivity contribution is 0.103. The van der Waals surface area contributed by atoms with Gasteiger partial charge in [0.1, 0.15) is 5.75 Å². The number of rotatable bonds is 3. The molecule has 0 N–H and O–H groups in total. The molecular weight excluding hydrogens is 221 g/mol. The molecule has 0 aliphatic heterocycles. The standard InChI is InChI=1S/C13H10FNO2/c1-17-10-4-2-3-9(7-10)13(16)11-5-6-15-8-12(11)14/h2-8H,1H3. The van der Waals surface area contributed by atoms with Crippen molar-refractivity contribution in [1.29, 1.82) is 0 Å². The van der Waals surface area contributed by atoms with E-state index in [0.29, 0.717) is 11.3 Å². The van der Waals surface area contributed by atoms with Crippen LogP contribution in [0.3, 0.4) is 0 Å². The number of benzene rings is 1. The van der Waals surface area contributed by atoms with E-state index >= 15 is 0 Å². The molecule has 2 rings (SSSR count). The first-order chi connectivity index (χ1) is 8.22. The van der Waals surface area contributed by atoms with Crippen LogP contribution in [0.4, 0.5) is 4.39 Å². The second-order valence-corrected chi connectivity index (χ2v) is 3.42. The van der Waals surface area contributed by atoms with Gasteiger partial charge in [-0.15, -0.1) is 0 Å². The summed E-state index contributed by atoms with van der Waals surface area (Å²) in [6.45, 7) is 0. The van der Waals surface area contributed by atoms with E-state index in [-0.39, 0.29) is 11.3 Å². The molecule has 0 unspecified atom stereocenters. The first-order valence-corrected chi connectivity index (χ1v) is 5.00. The summed E-state index contributed by atoms with van der Waals surface area (Å²) in [4.78, 5) is 15.6. The summed E-state index contributed by atoms with van der Waals surface area (Å²) in [5.74, 6) is -0.450. The predicted molar refractivity (Wildman–Crippen MR) is 60.6 cm³/mol. The van der Waals surface area contributed by atoms with Crippen molar-refractivity contribution >= 4 is 5.78 Å². The van der Waals surface area contributed by atoms with E-state index < -0.39 is 5.82 Å². The molecule has 1 heterocycles. The first kappa shape index (κ1) is 11.3. The highest BCUT2D eigenvalue weighted by atomic mass is 19.1. The van der Waals surface area contributed by atoms with Crippen molar-refractivity contribution in [2.45, 2.75) is 0 Å². The minimum absolute atomic E-state index is 0.00764. The SMILES string of the molecule is COc1cccc(C(=O)c2ccncc2F)c1. The zero-order valence-electron chi connectivity index (χ0n) is 9.18. The molecule has 0 bridgehead atoms. The fraction of sp³-hybridized carbons (Fsp3) is 0.0769. The van der Waals surface area contributed by atoms with E-state index in [9.17, 15) is 9.18 Å². The van der Waals surface area contributed by atoms with Crippen LogP contribution >= 0.6 is 0 Å². The average molecular weight is 231 g/mol. The summed E-state index contributed by atoms with van der Waals surface area (Å²) in [5, 5.41) is 0. The molecule has 86 valence electrons. The van der Waals surface area contributed by atoms with Crippen molar-refractivity contribution < 1.29 is 13.9 Å². The maximum absolute atomic E-state index is 13.4. The molecule has 1 aromatic carbocycles. The number of carbonyl (C=O) groups excluding carboxylic acids is 1. The Morgan fingerprint density at radius 3 is 2.88 bits per heavy atom. The van der Waals surface area contributed by atoms with Gasteiger partial charge in [-0.1, -0.05) is 12.1 Å². The second-order valence-electron chi connectivity index (χ2n) is 3.42. The molecule has 0 atom stereocenters.